The smallest absolute Gasteiger partial charge is 0.195 e. The molecule has 0 aromatic heterocycles. The van der Waals surface area contributed by atoms with E-state index < -0.39 is 5.83 Å². The zero-order valence-corrected chi connectivity index (χ0v) is 15.6. The lowest BCUT2D eigenvalue weighted by atomic mass is 9.68. The predicted octanol–water partition coefficient (Wildman–Crippen LogP) is 7.34. The van der Waals surface area contributed by atoms with Crippen LogP contribution < -0.4 is 0 Å². The van der Waals surface area contributed by atoms with Crippen LogP contribution in [0.25, 0.3) is 0 Å². The maximum absolute atomic E-state index is 13.1. The van der Waals surface area contributed by atoms with Gasteiger partial charge in [-0.1, -0.05) is 58.3 Å². The normalized spacial score (nSPS) is 31.6. The molecule has 0 aromatic rings. The molecule has 0 heterocycles. The fraction of sp³-hybridized carbons (Fsp3) is 0.864. The summed E-state index contributed by atoms with van der Waals surface area (Å²) in [6.07, 6.45) is 20.5. The molecule has 0 N–H and O–H groups in total. The molecule has 0 amide bonds. The summed E-state index contributed by atoms with van der Waals surface area (Å²) < 4.78 is 13.1. The number of hydrogen-bond acceptors (Lipinski definition) is 1. The summed E-state index contributed by atoms with van der Waals surface area (Å²) in [5.41, 5.74) is 0. The average Bonchev–Trinajstić information content (AvgIpc) is 2.63. The third-order valence-electron chi connectivity index (χ3n) is 6.58. The van der Waals surface area contributed by atoms with E-state index in [0.29, 0.717) is 5.92 Å². The number of nitrogens with zero attached hydrogens (tertiary/aromatic N) is 1. The Labute approximate surface area is 148 Å². The average molecular weight is 334 g/mol. The molecule has 0 radical (unpaired) electrons. The number of unbranched alkanes of at least 4 members (excludes halogenated alkanes) is 4. The summed E-state index contributed by atoms with van der Waals surface area (Å²) in [6, 6.07) is 1.61. The molecule has 24 heavy (non-hydrogen) atoms. The first kappa shape index (κ1) is 19.5. The van der Waals surface area contributed by atoms with E-state index in [0.717, 1.165) is 30.6 Å². The van der Waals surface area contributed by atoms with Crippen molar-refractivity contribution in [1.29, 1.82) is 5.26 Å². The molecule has 0 aliphatic heterocycles. The Kier molecular flexibility index (Phi) is 8.86. The minimum absolute atomic E-state index is 0.306. The van der Waals surface area contributed by atoms with Gasteiger partial charge in [-0.25, -0.2) is 0 Å². The summed E-state index contributed by atoms with van der Waals surface area (Å²) in [4.78, 5) is 0. The number of nitriles is 1. The third kappa shape index (κ3) is 6.58. The highest BCUT2D eigenvalue weighted by Gasteiger charge is 2.30. The van der Waals surface area contributed by atoms with Crippen molar-refractivity contribution in [3.05, 3.63) is 11.9 Å². The van der Waals surface area contributed by atoms with Gasteiger partial charge in [-0.15, -0.1) is 0 Å². The molecule has 0 saturated heterocycles. The minimum Gasteiger partial charge on any atom is -0.195 e. The number of rotatable bonds is 8. The number of hydrogen-bond donors (Lipinski definition) is 0. The van der Waals surface area contributed by atoms with E-state index >= 15 is 0 Å². The molecule has 0 unspecified atom stereocenters. The maximum atomic E-state index is 13.1. The molecule has 1 nitrogen and oxygen atoms in total. The van der Waals surface area contributed by atoms with Crippen molar-refractivity contribution in [3.63, 3.8) is 0 Å². The van der Waals surface area contributed by atoms with Crippen LogP contribution >= 0.6 is 0 Å². The van der Waals surface area contributed by atoms with E-state index in [2.05, 4.69) is 6.92 Å². The van der Waals surface area contributed by atoms with Crippen molar-refractivity contribution in [1.82, 2.24) is 0 Å². The van der Waals surface area contributed by atoms with E-state index in [9.17, 15) is 4.39 Å². The molecule has 0 bridgehead atoms. The first-order chi connectivity index (χ1) is 11.7. The first-order valence-electron chi connectivity index (χ1n) is 10.5. The Morgan fingerprint density at radius 2 is 1.50 bits per heavy atom. The van der Waals surface area contributed by atoms with Crippen molar-refractivity contribution < 1.29 is 4.39 Å². The topological polar surface area (TPSA) is 23.8 Å². The van der Waals surface area contributed by atoms with Gasteiger partial charge in [-0.05, 0) is 68.3 Å². The summed E-state index contributed by atoms with van der Waals surface area (Å²) in [7, 11) is 0. The largest absolute Gasteiger partial charge is 0.196 e. The summed E-state index contributed by atoms with van der Waals surface area (Å²) >= 11 is 0. The van der Waals surface area contributed by atoms with Crippen LogP contribution in [0, 0.1) is 35.0 Å². The summed E-state index contributed by atoms with van der Waals surface area (Å²) in [6.45, 7) is 2.28. The lowest BCUT2D eigenvalue weighted by molar-refractivity contribution is 0.151. The Morgan fingerprint density at radius 3 is 2.08 bits per heavy atom. The summed E-state index contributed by atoms with van der Waals surface area (Å²) in [5, 5.41) is 8.56. The number of allylic oxidation sites excluding steroid dienone is 2. The minimum atomic E-state index is -0.585. The Morgan fingerprint density at radius 1 is 0.917 bits per heavy atom. The molecule has 2 fully saturated rings. The fourth-order valence-corrected chi connectivity index (χ4v) is 5.01. The second kappa shape index (κ2) is 10.9. The second-order valence-corrected chi connectivity index (χ2v) is 8.28. The summed E-state index contributed by atoms with van der Waals surface area (Å²) in [5.74, 6) is 2.50. The van der Waals surface area contributed by atoms with Crippen molar-refractivity contribution in [2.75, 3.05) is 0 Å². The highest BCUT2D eigenvalue weighted by molar-refractivity contribution is 5.13. The van der Waals surface area contributed by atoms with Crippen molar-refractivity contribution >= 4 is 0 Å². The van der Waals surface area contributed by atoms with Crippen LogP contribution in [0.4, 0.5) is 4.39 Å². The molecule has 2 aliphatic rings. The SMILES string of the molecule is CCCCCCC[C@H]1CC[C@H](C2CCC(C=C(F)C#N)CC2)CC1. The van der Waals surface area contributed by atoms with E-state index in [1.807, 2.05) is 0 Å². The van der Waals surface area contributed by atoms with Crippen LogP contribution in [0.5, 0.6) is 0 Å². The molecular weight excluding hydrogens is 297 g/mol. The zero-order valence-electron chi connectivity index (χ0n) is 15.6. The van der Waals surface area contributed by atoms with E-state index in [-0.39, 0.29) is 0 Å². The predicted molar refractivity (Wildman–Crippen MR) is 99.1 cm³/mol. The van der Waals surface area contributed by atoms with E-state index in [4.69, 9.17) is 5.26 Å². The molecule has 2 rings (SSSR count). The van der Waals surface area contributed by atoms with Gasteiger partial charge in [0.05, 0.1) is 0 Å². The van der Waals surface area contributed by atoms with Crippen molar-refractivity contribution in [3.8, 4) is 6.07 Å². The molecule has 2 aliphatic carbocycles. The fourth-order valence-electron chi connectivity index (χ4n) is 5.01. The lowest BCUT2D eigenvalue weighted by Crippen LogP contribution is -2.25. The van der Waals surface area contributed by atoms with E-state index in [1.54, 1.807) is 12.1 Å². The van der Waals surface area contributed by atoms with Crippen LogP contribution in [0.1, 0.15) is 96.8 Å². The molecule has 0 atom stereocenters. The Bertz CT molecular complexity index is 406. The van der Waals surface area contributed by atoms with Gasteiger partial charge in [-0.3, -0.25) is 0 Å². The van der Waals surface area contributed by atoms with Gasteiger partial charge in [0.1, 0.15) is 6.07 Å². The lowest BCUT2D eigenvalue weighted by Gasteiger charge is -2.37. The third-order valence-corrected chi connectivity index (χ3v) is 6.58. The van der Waals surface area contributed by atoms with Gasteiger partial charge in [0.15, 0.2) is 5.83 Å². The van der Waals surface area contributed by atoms with Crippen molar-refractivity contribution in [2.24, 2.45) is 23.7 Å². The van der Waals surface area contributed by atoms with Gasteiger partial charge in [0.2, 0.25) is 0 Å². The molecule has 2 saturated carbocycles. The van der Waals surface area contributed by atoms with E-state index in [1.165, 1.54) is 77.0 Å². The van der Waals surface area contributed by atoms with Gasteiger partial charge < -0.3 is 0 Å². The van der Waals surface area contributed by atoms with Gasteiger partial charge in [0, 0.05) is 0 Å². The van der Waals surface area contributed by atoms with Gasteiger partial charge in [-0.2, -0.15) is 9.65 Å². The Balaban J connectivity index is 1.61. The van der Waals surface area contributed by atoms with Crippen molar-refractivity contribution in [2.45, 2.75) is 96.8 Å². The first-order valence-corrected chi connectivity index (χ1v) is 10.5. The molecule has 136 valence electrons. The van der Waals surface area contributed by atoms with Gasteiger partial charge >= 0.3 is 0 Å². The van der Waals surface area contributed by atoms with Crippen LogP contribution in [0.3, 0.4) is 0 Å². The quantitative estimate of drug-likeness (QED) is 0.337. The molecule has 0 aromatic carbocycles. The highest BCUT2D eigenvalue weighted by atomic mass is 19.1. The molecule has 0 spiro atoms. The molecule has 2 heteroatoms. The highest BCUT2D eigenvalue weighted by Crippen LogP contribution is 2.42. The molecular formula is C22H36FN. The van der Waals surface area contributed by atoms with Crippen LogP contribution in [0.2, 0.25) is 0 Å². The monoisotopic (exact) mass is 333 g/mol. The Hall–Kier alpha value is -0.840. The van der Waals surface area contributed by atoms with Crippen LogP contribution in [-0.2, 0) is 0 Å². The zero-order chi connectivity index (χ0) is 17.2. The maximum Gasteiger partial charge on any atom is 0.196 e. The standard InChI is InChI=1S/C22H36FN/c1-2-3-4-5-6-7-18-8-12-20(13-9-18)21-14-10-19(11-15-21)16-22(23)17-24/h16,18-21H,2-15H2,1H3/t18-,19?,20-,21?. The van der Waals surface area contributed by atoms with Crippen LogP contribution in [0.15, 0.2) is 11.9 Å². The van der Waals surface area contributed by atoms with Crippen LogP contribution in [-0.4, -0.2) is 0 Å². The number of halogens is 1. The van der Waals surface area contributed by atoms with Gasteiger partial charge in [0.25, 0.3) is 0 Å². The second-order valence-electron chi connectivity index (χ2n) is 8.28.